The van der Waals surface area contributed by atoms with E-state index < -0.39 is 9.84 Å². The van der Waals surface area contributed by atoms with Crippen LogP contribution in [0.5, 0.6) is 5.75 Å². The van der Waals surface area contributed by atoms with Crippen LogP contribution in [-0.4, -0.2) is 41.7 Å². The predicted octanol–water partition coefficient (Wildman–Crippen LogP) is 1.88. The van der Waals surface area contributed by atoms with Gasteiger partial charge in [-0.3, -0.25) is 4.79 Å². The number of aromatic amines is 2. The molecule has 0 spiro atoms. The molecule has 0 amide bonds. The molecule has 0 atom stereocenters. The Labute approximate surface area is 147 Å². The fourth-order valence-corrected chi connectivity index (χ4v) is 3.43. The highest BCUT2D eigenvalue weighted by Crippen LogP contribution is 2.32. The minimum atomic E-state index is -3.35. The molecule has 0 saturated heterocycles. The monoisotopic (exact) mass is 370 g/mol. The van der Waals surface area contributed by atoms with Crippen LogP contribution < -0.4 is 10.3 Å². The second-order valence-corrected chi connectivity index (χ2v) is 7.85. The number of imidazole rings is 1. The summed E-state index contributed by atoms with van der Waals surface area (Å²) in [5, 5.41) is 0.453. The molecule has 2 aromatic carbocycles. The van der Waals surface area contributed by atoms with E-state index in [4.69, 9.17) is 4.74 Å². The Morgan fingerprint density at radius 1 is 1.12 bits per heavy atom. The van der Waals surface area contributed by atoms with Gasteiger partial charge in [0.25, 0.3) is 5.56 Å². The second-order valence-electron chi connectivity index (χ2n) is 5.84. The van der Waals surface area contributed by atoms with E-state index >= 15 is 0 Å². The van der Waals surface area contributed by atoms with Gasteiger partial charge in [-0.15, -0.1) is 0 Å². The molecule has 2 aromatic heterocycles. The van der Waals surface area contributed by atoms with E-state index in [0.29, 0.717) is 39.1 Å². The van der Waals surface area contributed by atoms with Crippen molar-refractivity contribution in [2.45, 2.75) is 4.90 Å². The van der Waals surface area contributed by atoms with Gasteiger partial charge in [0.05, 0.1) is 45.8 Å². The molecule has 0 radical (unpaired) electrons. The summed E-state index contributed by atoms with van der Waals surface area (Å²) >= 11 is 0. The van der Waals surface area contributed by atoms with Crippen LogP contribution in [0.25, 0.3) is 33.3 Å². The fraction of sp³-hybridized carbons (Fsp3) is 0.118. The predicted molar refractivity (Wildman–Crippen MR) is 97.1 cm³/mol. The number of benzene rings is 2. The third-order valence-electron chi connectivity index (χ3n) is 4.10. The lowest BCUT2D eigenvalue weighted by atomic mass is 10.2. The zero-order chi connectivity index (χ0) is 18.5. The Morgan fingerprint density at radius 3 is 2.65 bits per heavy atom. The van der Waals surface area contributed by atoms with Gasteiger partial charge in [0, 0.05) is 6.26 Å². The summed E-state index contributed by atoms with van der Waals surface area (Å²) in [4.78, 5) is 26.4. The number of sulfone groups is 1. The molecular formula is C17H14N4O4S. The van der Waals surface area contributed by atoms with Crippen molar-refractivity contribution in [1.82, 2.24) is 19.9 Å². The molecule has 0 fully saturated rings. The van der Waals surface area contributed by atoms with Crippen molar-refractivity contribution in [2.24, 2.45) is 0 Å². The van der Waals surface area contributed by atoms with Gasteiger partial charge in [-0.25, -0.2) is 18.4 Å². The first-order valence-corrected chi connectivity index (χ1v) is 9.51. The van der Waals surface area contributed by atoms with Crippen LogP contribution in [0.4, 0.5) is 0 Å². The number of nitrogens with zero attached hydrogens (tertiary/aromatic N) is 2. The summed E-state index contributed by atoms with van der Waals surface area (Å²) in [5.74, 6) is 0.885. The maximum atomic E-state index is 11.9. The van der Waals surface area contributed by atoms with E-state index in [-0.39, 0.29) is 10.5 Å². The summed E-state index contributed by atoms with van der Waals surface area (Å²) in [6, 6.07) is 8.00. The summed E-state index contributed by atoms with van der Waals surface area (Å²) in [5.41, 5.74) is 2.23. The fourth-order valence-electron chi connectivity index (χ4n) is 2.80. The summed E-state index contributed by atoms with van der Waals surface area (Å²) in [7, 11) is -1.88. The zero-order valence-electron chi connectivity index (χ0n) is 13.9. The lowest BCUT2D eigenvalue weighted by Gasteiger charge is -2.08. The summed E-state index contributed by atoms with van der Waals surface area (Å²) < 4.78 is 28.8. The van der Waals surface area contributed by atoms with E-state index in [2.05, 4.69) is 19.9 Å². The van der Waals surface area contributed by atoms with E-state index in [1.807, 2.05) is 0 Å². The van der Waals surface area contributed by atoms with Crippen molar-refractivity contribution in [2.75, 3.05) is 13.4 Å². The summed E-state index contributed by atoms with van der Waals surface area (Å²) in [6.07, 6.45) is 2.48. The largest absolute Gasteiger partial charge is 0.496 e. The first kappa shape index (κ1) is 16.3. The van der Waals surface area contributed by atoms with Gasteiger partial charge in [-0.1, -0.05) is 0 Å². The molecule has 8 nitrogen and oxygen atoms in total. The Balaban J connectivity index is 1.93. The molecule has 0 aliphatic carbocycles. The van der Waals surface area contributed by atoms with Gasteiger partial charge < -0.3 is 14.7 Å². The number of ether oxygens (including phenoxy) is 1. The molecule has 9 heteroatoms. The Bertz CT molecular complexity index is 1320. The number of H-pyrrole nitrogens is 2. The first-order chi connectivity index (χ1) is 12.4. The quantitative estimate of drug-likeness (QED) is 0.568. The van der Waals surface area contributed by atoms with Crippen LogP contribution in [0.3, 0.4) is 0 Å². The summed E-state index contributed by atoms with van der Waals surface area (Å²) in [6.45, 7) is 0. The molecule has 4 rings (SSSR count). The molecule has 0 saturated carbocycles. The molecule has 0 bridgehead atoms. The highest BCUT2D eigenvalue weighted by atomic mass is 32.2. The van der Waals surface area contributed by atoms with Crippen molar-refractivity contribution in [3.8, 4) is 17.1 Å². The lowest BCUT2D eigenvalue weighted by molar-refractivity contribution is 0.415. The molecule has 4 aromatic rings. The number of fused-ring (bicyclic) bond motifs is 2. The molecule has 0 unspecified atom stereocenters. The van der Waals surface area contributed by atoms with E-state index in [9.17, 15) is 13.2 Å². The first-order valence-electron chi connectivity index (χ1n) is 7.62. The van der Waals surface area contributed by atoms with Gasteiger partial charge in [0.15, 0.2) is 9.84 Å². The zero-order valence-corrected chi connectivity index (χ0v) is 14.7. The third-order valence-corrected chi connectivity index (χ3v) is 5.21. The average Bonchev–Trinajstić information content (AvgIpc) is 3.02. The Morgan fingerprint density at radius 2 is 1.92 bits per heavy atom. The second kappa shape index (κ2) is 5.67. The van der Waals surface area contributed by atoms with Crippen molar-refractivity contribution in [3.63, 3.8) is 0 Å². The minimum Gasteiger partial charge on any atom is -0.496 e. The van der Waals surface area contributed by atoms with Crippen molar-refractivity contribution in [3.05, 3.63) is 47.0 Å². The van der Waals surface area contributed by atoms with Crippen LogP contribution in [0.15, 0.2) is 46.3 Å². The highest BCUT2D eigenvalue weighted by Gasteiger charge is 2.16. The molecule has 0 aliphatic heterocycles. The molecular weight excluding hydrogens is 356 g/mol. The average molecular weight is 370 g/mol. The number of aromatic nitrogens is 4. The highest BCUT2D eigenvalue weighted by molar-refractivity contribution is 7.90. The Hall–Kier alpha value is -3.20. The van der Waals surface area contributed by atoms with Crippen LogP contribution in [0, 0.1) is 0 Å². The number of rotatable bonds is 3. The number of methoxy groups -OCH3 is 1. The minimum absolute atomic E-state index is 0.163. The maximum absolute atomic E-state index is 11.9. The SMILES string of the molecule is COc1cc(S(C)(=O)=O)ccc1-c1nc2cc3nc[nH]c(=O)c3cc2[nH]1. The topological polar surface area (TPSA) is 118 Å². The van der Waals surface area contributed by atoms with Crippen LogP contribution in [-0.2, 0) is 9.84 Å². The Kier molecular flexibility index (Phi) is 3.55. The smallest absolute Gasteiger partial charge is 0.258 e. The lowest BCUT2D eigenvalue weighted by Crippen LogP contribution is -2.05. The van der Waals surface area contributed by atoms with Crippen molar-refractivity contribution >= 4 is 31.8 Å². The molecule has 2 heterocycles. The number of hydrogen-bond acceptors (Lipinski definition) is 6. The molecule has 0 aliphatic rings. The van der Waals surface area contributed by atoms with Gasteiger partial charge >= 0.3 is 0 Å². The van der Waals surface area contributed by atoms with Crippen molar-refractivity contribution < 1.29 is 13.2 Å². The third kappa shape index (κ3) is 2.62. The van der Waals surface area contributed by atoms with E-state index in [0.717, 1.165) is 6.26 Å². The standard InChI is InChI=1S/C17H14N4O4S/c1-25-15-5-9(26(2,23)24)3-4-10(15)16-20-13-6-11-12(7-14(13)21-16)18-8-19-17(11)22/h3-8H,1-2H3,(H,20,21)(H,18,19,22). The van der Waals surface area contributed by atoms with Crippen LogP contribution >= 0.6 is 0 Å². The number of nitrogens with one attached hydrogen (secondary N) is 2. The van der Waals surface area contributed by atoms with E-state index in [1.54, 1.807) is 18.2 Å². The van der Waals surface area contributed by atoms with Gasteiger partial charge in [-0.2, -0.15) is 0 Å². The van der Waals surface area contributed by atoms with Gasteiger partial charge in [0.2, 0.25) is 0 Å². The van der Waals surface area contributed by atoms with Crippen molar-refractivity contribution in [1.29, 1.82) is 0 Å². The normalized spacial score (nSPS) is 11.9. The number of hydrogen-bond donors (Lipinski definition) is 2. The molecule has 2 N–H and O–H groups in total. The van der Waals surface area contributed by atoms with Crippen LogP contribution in [0.2, 0.25) is 0 Å². The van der Waals surface area contributed by atoms with Gasteiger partial charge in [0.1, 0.15) is 11.6 Å². The van der Waals surface area contributed by atoms with Gasteiger partial charge in [-0.05, 0) is 30.3 Å². The molecule has 26 heavy (non-hydrogen) atoms. The van der Waals surface area contributed by atoms with Crippen LogP contribution in [0.1, 0.15) is 0 Å². The maximum Gasteiger partial charge on any atom is 0.258 e. The van der Waals surface area contributed by atoms with E-state index in [1.165, 1.54) is 25.6 Å². The molecule has 132 valence electrons.